The Hall–Kier alpha value is -1.55. The van der Waals surface area contributed by atoms with Crippen molar-refractivity contribution >= 4 is 5.91 Å². The molecule has 4 heteroatoms. The SMILES string of the molecule is CCC(=O)NC1CCOc2c1cc(CC)cc2C(O)C(C)C. The third kappa shape index (κ3) is 3.43. The van der Waals surface area contributed by atoms with Gasteiger partial charge in [-0.1, -0.05) is 33.8 Å². The van der Waals surface area contributed by atoms with Crippen LogP contribution < -0.4 is 10.1 Å². The molecule has 1 heterocycles. The first kappa shape index (κ1) is 16.8. The van der Waals surface area contributed by atoms with E-state index in [1.54, 1.807) is 0 Å². The van der Waals surface area contributed by atoms with E-state index in [4.69, 9.17) is 4.74 Å². The maximum absolute atomic E-state index is 11.8. The van der Waals surface area contributed by atoms with Gasteiger partial charge in [0.1, 0.15) is 5.75 Å². The number of hydrogen-bond acceptors (Lipinski definition) is 3. The molecule has 1 aromatic carbocycles. The van der Waals surface area contributed by atoms with Gasteiger partial charge in [0.05, 0.1) is 18.8 Å². The number of amides is 1. The largest absolute Gasteiger partial charge is 0.493 e. The molecule has 1 aromatic rings. The van der Waals surface area contributed by atoms with Crippen molar-refractivity contribution in [1.82, 2.24) is 5.32 Å². The second-order valence-electron chi connectivity index (χ2n) is 6.26. The lowest BCUT2D eigenvalue weighted by molar-refractivity contribution is -0.121. The molecule has 2 atom stereocenters. The first-order chi connectivity index (χ1) is 10.5. The zero-order valence-corrected chi connectivity index (χ0v) is 14.0. The molecule has 122 valence electrons. The highest BCUT2D eigenvalue weighted by atomic mass is 16.5. The molecule has 1 amide bonds. The molecule has 1 aliphatic rings. The van der Waals surface area contributed by atoms with E-state index < -0.39 is 6.10 Å². The van der Waals surface area contributed by atoms with Crippen LogP contribution in [0.2, 0.25) is 0 Å². The van der Waals surface area contributed by atoms with Crippen molar-refractivity contribution in [3.63, 3.8) is 0 Å². The Morgan fingerprint density at radius 1 is 1.41 bits per heavy atom. The van der Waals surface area contributed by atoms with Gasteiger partial charge in [-0.05, 0) is 24.0 Å². The molecular weight excluding hydrogens is 278 g/mol. The predicted molar refractivity (Wildman–Crippen MR) is 86.9 cm³/mol. The topological polar surface area (TPSA) is 58.6 Å². The van der Waals surface area contributed by atoms with Crippen LogP contribution in [0, 0.1) is 5.92 Å². The maximum Gasteiger partial charge on any atom is 0.220 e. The van der Waals surface area contributed by atoms with E-state index in [0.29, 0.717) is 13.0 Å². The normalized spacial score (nSPS) is 18.5. The summed E-state index contributed by atoms with van der Waals surface area (Å²) >= 11 is 0. The molecule has 0 saturated carbocycles. The van der Waals surface area contributed by atoms with Crippen LogP contribution >= 0.6 is 0 Å². The van der Waals surface area contributed by atoms with Gasteiger partial charge in [0, 0.05) is 24.0 Å². The van der Waals surface area contributed by atoms with Gasteiger partial charge in [-0.25, -0.2) is 0 Å². The maximum atomic E-state index is 11.8. The molecule has 0 fully saturated rings. The Bertz CT molecular complexity index is 539. The first-order valence-electron chi connectivity index (χ1n) is 8.24. The van der Waals surface area contributed by atoms with E-state index in [1.165, 1.54) is 0 Å². The molecule has 0 bridgehead atoms. The van der Waals surface area contributed by atoms with Crippen molar-refractivity contribution in [3.8, 4) is 5.75 Å². The van der Waals surface area contributed by atoms with E-state index in [0.717, 1.165) is 35.3 Å². The van der Waals surface area contributed by atoms with Gasteiger partial charge in [-0.2, -0.15) is 0 Å². The van der Waals surface area contributed by atoms with E-state index in [2.05, 4.69) is 18.3 Å². The van der Waals surface area contributed by atoms with Gasteiger partial charge < -0.3 is 15.2 Å². The lowest BCUT2D eigenvalue weighted by Crippen LogP contribution is -2.32. The van der Waals surface area contributed by atoms with E-state index >= 15 is 0 Å². The average Bonchev–Trinajstić information content (AvgIpc) is 2.53. The number of carbonyl (C=O) groups excluding carboxylic acids is 1. The lowest BCUT2D eigenvalue weighted by atomic mass is 9.89. The summed E-state index contributed by atoms with van der Waals surface area (Å²) in [6, 6.07) is 4.11. The molecule has 0 spiro atoms. The third-order valence-corrected chi connectivity index (χ3v) is 4.25. The van der Waals surface area contributed by atoms with Crippen molar-refractivity contribution < 1.29 is 14.6 Å². The van der Waals surface area contributed by atoms with Crippen LogP contribution in [0.1, 0.15) is 69.4 Å². The summed E-state index contributed by atoms with van der Waals surface area (Å²) in [6.07, 6.45) is 1.57. The number of ether oxygens (including phenoxy) is 1. The number of rotatable bonds is 5. The summed E-state index contributed by atoms with van der Waals surface area (Å²) in [5.74, 6) is 0.919. The number of aliphatic hydroxyl groups is 1. The average molecular weight is 305 g/mol. The Morgan fingerprint density at radius 3 is 2.73 bits per heavy atom. The molecule has 0 aromatic heterocycles. The molecule has 2 unspecified atom stereocenters. The number of hydrogen-bond donors (Lipinski definition) is 2. The lowest BCUT2D eigenvalue weighted by Gasteiger charge is -2.31. The monoisotopic (exact) mass is 305 g/mol. The van der Waals surface area contributed by atoms with Gasteiger partial charge in [0.2, 0.25) is 5.91 Å². The van der Waals surface area contributed by atoms with Crippen LogP contribution in [0.5, 0.6) is 5.75 Å². The van der Waals surface area contributed by atoms with Gasteiger partial charge >= 0.3 is 0 Å². The highest BCUT2D eigenvalue weighted by Gasteiger charge is 2.28. The first-order valence-corrected chi connectivity index (χ1v) is 8.24. The van der Waals surface area contributed by atoms with Crippen molar-refractivity contribution in [2.45, 2.75) is 59.1 Å². The van der Waals surface area contributed by atoms with Crippen LogP contribution in [0.4, 0.5) is 0 Å². The molecule has 0 aliphatic carbocycles. The quantitative estimate of drug-likeness (QED) is 0.877. The van der Waals surface area contributed by atoms with Crippen molar-refractivity contribution in [3.05, 3.63) is 28.8 Å². The molecule has 0 radical (unpaired) electrons. The summed E-state index contributed by atoms with van der Waals surface area (Å²) in [5.41, 5.74) is 3.01. The fraction of sp³-hybridized carbons (Fsp3) is 0.611. The number of benzene rings is 1. The predicted octanol–water partition coefficient (Wildman–Crippen LogP) is 3.29. The molecule has 22 heavy (non-hydrogen) atoms. The van der Waals surface area contributed by atoms with Crippen LogP contribution in [0.15, 0.2) is 12.1 Å². The van der Waals surface area contributed by atoms with Crippen molar-refractivity contribution in [2.24, 2.45) is 5.92 Å². The van der Waals surface area contributed by atoms with E-state index in [9.17, 15) is 9.90 Å². The van der Waals surface area contributed by atoms with Gasteiger partial charge in [0.15, 0.2) is 0 Å². The van der Waals surface area contributed by atoms with E-state index in [1.807, 2.05) is 26.8 Å². The Morgan fingerprint density at radius 2 is 2.14 bits per heavy atom. The minimum atomic E-state index is -0.555. The summed E-state index contributed by atoms with van der Waals surface area (Å²) in [7, 11) is 0. The van der Waals surface area contributed by atoms with Crippen LogP contribution in [-0.2, 0) is 11.2 Å². The number of fused-ring (bicyclic) bond motifs is 1. The second-order valence-corrected chi connectivity index (χ2v) is 6.26. The summed E-state index contributed by atoms with van der Waals surface area (Å²) in [6.45, 7) is 8.50. The molecular formula is C18H27NO3. The Balaban J connectivity index is 2.46. The molecule has 4 nitrogen and oxygen atoms in total. The fourth-order valence-corrected chi connectivity index (χ4v) is 2.83. The van der Waals surface area contributed by atoms with Crippen molar-refractivity contribution in [1.29, 1.82) is 0 Å². The molecule has 2 rings (SSSR count). The van der Waals surface area contributed by atoms with Crippen LogP contribution in [0.3, 0.4) is 0 Å². The molecule has 2 N–H and O–H groups in total. The van der Waals surface area contributed by atoms with Crippen LogP contribution in [0.25, 0.3) is 0 Å². The number of carbonyl (C=O) groups is 1. The minimum absolute atomic E-state index is 0.0270. The smallest absolute Gasteiger partial charge is 0.220 e. The van der Waals surface area contributed by atoms with Gasteiger partial charge in [0.25, 0.3) is 0 Å². The highest BCUT2D eigenvalue weighted by molar-refractivity contribution is 5.76. The number of aliphatic hydroxyl groups excluding tert-OH is 1. The Kier molecular flexibility index (Phi) is 5.46. The van der Waals surface area contributed by atoms with E-state index in [-0.39, 0.29) is 17.9 Å². The molecule has 1 aliphatic heterocycles. The zero-order valence-electron chi connectivity index (χ0n) is 14.0. The standard InChI is InChI=1S/C18H27NO3/c1-5-12-9-13-15(19-16(20)6-2)7-8-22-18(13)14(10-12)17(21)11(3)4/h9-11,15,17,21H,5-8H2,1-4H3,(H,19,20). The van der Waals surface area contributed by atoms with Crippen molar-refractivity contribution in [2.75, 3.05) is 6.61 Å². The van der Waals surface area contributed by atoms with Gasteiger partial charge in [-0.3, -0.25) is 4.79 Å². The van der Waals surface area contributed by atoms with Gasteiger partial charge in [-0.15, -0.1) is 0 Å². The second kappa shape index (κ2) is 7.14. The summed E-state index contributed by atoms with van der Waals surface area (Å²) in [4.78, 5) is 11.8. The number of aryl methyl sites for hydroxylation is 1. The molecule has 0 saturated heterocycles. The summed E-state index contributed by atoms with van der Waals surface area (Å²) in [5, 5.41) is 13.6. The summed E-state index contributed by atoms with van der Waals surface area (Å²) < 4.78 is 5.86. The fourth-order valence-electron chi connectivity index (χ4n) is 2.83. The third-order valence-electron chi connectivity index (χ3n) is 4.25. The minimum Gasteiger partial charge on any atom is -0.493 e. The highest BCUT2D eigenvalue weighted by Crippen LogP contribution is 2.40. The Labute approximate surface area is 132 Å². The van der Waals surface area contributed by atoms with Crippen LogP contribution in [-0.4, -0.2) is 17.6 Å². The zero-order chi connectivity index (χ0) is 16.3. The number of nitrogens with one attached hydrogen (secondary N) is 1.